The van der Waals surface area contributed by atoms with Crippen molar-refractivity contribution in [2.45, 2.75) is 13.0 Å². The smallest absolute Gasteiger partial charge is 0.258 e. The number of hydrogen-bond donors (Lipinski definition) is 1. The zero-order chi connectivity index (χ0) is 14.4. The van der Waals surface area contributed by atoms with Crippen LogP contribution in [0.5, 0.6) is 5.75 Å². The molecule has 0 radical (unpaired) electrons. The third kappa shape index (κ3) is 4.52. The first-order valence-corrected chi connectivity index (χ1v) is 7.45. The minimum absolute atomic E-state index is 0.0241. The molecule has 0 saturated carbocycles. The number of hydrogen-bond acceptors (Lipinski definition) is 2. The van der Waals surface area contributed by atoms with Crippen LogP contribution in [0.1, 0.15) is 18.5 Å². The number of benzene rings is 2. The summed E-state index contributed by atoms with van der Waals surface area (Å²) in [5, 5.41) is 2.91. The fraction of sp³-hybridized carbons (Fsp3) is 0.188. The molecule has 0 fully saturated rings. The lowest BCUT2D eigenvalue weighted by Crippen LogP contribution is -2.31. The summed E-state index contributed by atoms with van der Waals surface area (Å²) in [4.78, 5) is 11.8. The van der Waals surface area contributed by atoms with Crippen LogP contribution in [-0.2, 0) is 4.79 Å². The van der Waals surface area contributed by atoms with Crippen molar-refractivity contribution < 1.29 is 9.53 Å². The van der Waals surface area contributed by atoms with Crippen molar-refractivity contribution >= 4 is 28.5 Å². The predicted octanol–water partition coefficient (Wildman–Crippen LogP) is 3.55. The van der Waals surface area contributed by atoms with E-state index in [4.69, 9.17) is 4.74 Å². The topological polar surface area (TPSA) is 38.3 Å². The third-order valence-corrected chi connectivity index (χ3v) is 3.58. The van der Waals surface area contributed by atoms with Gasteiger partial charge in [0.2, 0.25) is 0 Å². The van der Waals surface area contributed by atoms with E-state index in [2.05, 4.69) is 27.9 Å². The number of nitrogens with one attached hydrogen (secondary N) is 1. The molecule has 0 aliphatic heterocycles. The molecule has 4 heteroatoms. The zero-order valence-electron chi connectivity index (χ0n) is 11.2. The van der Waals surface area contributed by atoms with E-state index in [-0.39, 0.29) is 18.6 Å². The van der Waals surface area contributed by atoms with E-state index in [0.29, 0.717) is 5.75 Å². The van der Waals surface area contributed by atoms with Gasteiger partial charge in [-0.3, -0.25) is 4.79 Å². The Kier molecular flexibility index (Phi) is 5.40. The van der Waals surface area contributed by atoms with Gasteiger partial charge in [-0.1, -0.05) is 30.3 Å². The van der Waals surface area contributed by atoms with Crippen molar-refractivity contribution in [3.05, 3.63) is 63.7 Å². The molecule has 1 N–H and O–H groups in total. The standard InChI is InChI=1S/C16H16INO2/c1-12(13-5-3-2-4-6-13)18-16(19)11-20-15-9-7-14(17)8-10-15/h2-10,12H,11H2,1H3,(H,18,19)/t12-/m0/s1. The molecule has 20 heavy (non-hydrogen) atoms. The van der Waals surface area contributed by atoms with Crippen LogP contribution in [-0.4, -0.2) is 12.5 Å². The molecule has 0 unspecified atom stereocenters. The lowest BCUT2D eigenvalue weighted by Gasteiger charge is -2.14. The monoisotopic (exact) mass is 381 g/mol. The van der Waals surface area contributed by atoms with Crippen molar-refractivity contribution in [2.75, 3.05) is 6.61 Å². The van der Waals surface area contributed by atoms with Gasteiger partial charge < -0.3 is 10.1 Å². The van der Waals surface area contributed by atoms with Gasteiger partial charge in [0.25, 0.3) is 5.91 Å². The molecule has 0 aliphatic carbocycles. The van der Waals surface area contributed by atoms with E-state index in [0.717, 1.165) is 9.13 Å². The Balaban J connectivity index is 1.82. The van der Waals surface area contributed by atoms with Crippen LogP contribution in [0.4, 0.5) is 0 Å². The van der Waals surface area contributed by atoms with Crippen LogP contribution in [0.3, 0.4) is 0 Å². The van der Waals surface area contributed by atoms with E-state index in [1.165, 1.54) is 0 Å². The van der Waals surface area contributed by atoms with Crippen LogP contribution in [0.2, 0.25) is 0 Å². The van der Waals surface area contributed by atoms with Crippen LogP contribution in [0, 0.1) is 3.57 Å². The van der Waals surface area contributed by atoms with E-state index in [9.17, 15) is 4.79 Å². The van der Waals surface area contributed by atoms with E-state index in [1.54, 1.807) is 0 Å². The van der Waals surface area contributed by atoms with Gasteiger partial charge in [-0.2, -0.15) is 0 Å². The van der Waals surface area contributed by atoms with Crippen LogP contribution >= 0.6 is 22.6 Å². The molecule has 2 rings (SSSR count). The highest BCUT2D eigenvalue weighted by Crippen LogP contribution is 2.14. The van der Waals surface area contributed by atoms with E-state index < -0.39 is 0 Å². The fourth-order valence-corrected chi connectivity index (χ4v) is 2.15. The van der Waals surface area contributed by atoms with Gasteiger partial charge in [0, 0.05) is 3.57 Å². The highest BCUT2D eigenvalue weighted by Gasteiger charge is 2.09. The van der Waals surface area contributed by atoms with E-state index in [1.807, 2.05) is 61.5 Å². The number of ether oxygens (including phenoxy) is 1. The number of carbonyl (C=O) groups excluding carboxylic acids is 1. The average Bonchev–Trinajstić information content (AvgIpc) is 2.47. The highest BCUT2D eigenvalue weighted by molar-refractivity contribution is 14.1. The second-order valence-electron chi connectivity index (χ2n) is 4.44. The summed E-state index contributed by atoms with van der Waals surface area (Å²) < 4.78 is 6.58. The van der Waals surface area contributed by atoms with Gasteiger partial charge in [-0.25, -0.2) is 0 Å². The molecule has 2 aromatic rings. The molecular formula is C16H16INO2. The summed E-state index contributed by atoms with van der Waals surface area (Å²) in [6.07, 6.45) is 0. The van der Waals surface area contributed by atoms with Gasteiger partial charge in [-0.15, -0.1) is 0 Å². The van der Waals surface area contributed by atoms with Gasteiger partial charge >= 0.3 is 0 Å². The second-order valence-corrected chi connectivity index (χ2v) is 5.69. The molecule has 0 saturated heterocycles. The molecule has 1 amide bonds. The summed E-state index contributed by atoms with van der Waals surface area (Å²) in [6, 6.07) is 17.4. The summed E-state index contributed by atoms with van der Waals surface area (Å²) in [6.45, 7) is 1.98. The highest BCUT2D eigenvalue weighted by atomic mass is 127. The Labute approximate surface area is 132 Å². The number of carbonyl (C=O) groups is 1. The first-order chi connectivity index (χ1) is 9.65. The first kappa shape index (κ1) is 14.8. The lowest BCUT2D eigenvalue weighted by molar-refractivity contribution is -0.123. The summed E-state index contributed by atoms with van der Waals surface area (Å²) in [7, 11) is 0. The van der Waals surface area contributed by atoms with Crippen molar-refractivity contribution in [2.24, 2.45) is 0 Å². The maximum atomic E-state index is 11.8. The molecule has 0 aromatic heterocycles. The molecular weight excluding hydrogens is 365 g/mol. The second kappa shape index (κ2) is 7.28. The predicted molar refractivity (Wildman–Crippen MR) is 87.7 cm³/mol. The minimum Gasteiger partial charge on any atom is -0.484 e. The number of halogens is 1. The Morgan fingerprint density at radius 1 is 1.15 bits per heavy atom. The Morgan fingerprint density at radius 3 is 2.45 bits per heavy atom. The number of rotatable bonds is 5. The zero-order valence-corrected chi connectivity index (χ0v) is 13.3. The molecule has 2 aromatic carbocycles. The van der Waals surface area contributed by atoms with Gasteiger partial charge in [0.05, 0.1) is 6.04 Å². The quantitative estimate of drug-likeness (QED) is 0.805. The molecule has 1 atom stereocenters. The average molecular weight is 381 g/mol. The van der Waals surface area contributed by atoms with Crippen molar-refractivity contribution in [1.29, 1.82) is 0 Å². The molecule has 0 heterocycles. The molecule has 0 aliphatic rings. The summed E-state index contributed by atoms with van der Waals surface area (Å²) >= 11 is 2.23. The summed E-state index contributed by atoms with van der Waals surface area (Å²) in [5.41, 5.74) is 1.08. The minimum atomic E-state index is -0.125. The Hall–Kier alpha value is -1.56. The largest absolute Gasteiger partial charge is 0.484 e. The van der Waals surface area contributed by atoms with Crippen molar-refractivity contribution in [3.8, 4) is 5.75 Å². The SMILES string of the molecule is C[C@H](NC(=O)COc1ccc(I)cc1)c1ccccc1. The lowest BCUT2D eigenvalue weighted by atomic mass is 10.1. The maximum Gasteiger partial charge on any atom is 0.258 e. The maximum absolute atomic E-state index is 11.8. The van der Waals surface area contributed by atoms with E-state index >= 15 is 0 Å². The van der Waals surface area contributed by atoms with Gasteiger partial charge in [0.1, 0.15) is 5.75 Å². The van der Waals surface area contributed by atoms with Crippen LogP contribution in [0.25, 0.3) is 0 Å². The number of amides is 1. The van der Waals surface area contributed by atoms with Crippen LogP contribution < -0.4 is 10.1 Å². The van der Waals surface area contributed by atoms with Crippen LogP contribution in [0.15, 0.2) is 54.6 Å². The van der Waals surface area contributed by atoms with Crippen molar-refractivity contribution in [3.63, 3.8) is 0 Å². The fourth-order valence-electron chi connectivity index (χ4n) is 1.79. The van der Waals surface area contributed by atoms with Crippen molar-refractivity contribution in [1.82, 2.24) is 5.32 Å². The molecule has 3 nitrogen and oxygen atoms in total. The van der Waals surface area contributed by atoms with Gasteiger partial charge in [0.15, 0.2) is 6.61 Å². The molecule has 104 valence electrons. The molecule has 0 spiro atoms. The molecule has 0 bridgehead atoms. The van der Waals surface area contributed by atoms with Gasteiger partial charge in [-0.05, 0) is 59.3 Å². The Morgan fingerprint density at radius 2 is 1.80 bits per heavy atom. The Bertz CT molecular complexity index is 554. The summed E-state index contributed by atoms with van der Waals surface area (Å²) in [5.74, 6) is 0.577. The first-order valence-electron chi connectivity index (χ1n) is 6.38. The normalized spacial score (nSPS) is 11.7. The third-order valence-electron chi connectivity index (χ3n) is 2.86.